The molecule has 6 nitrogen and oxygen atoms in total. The van der Waals surface area contributed by atoms with Crippen molar-refractivity contribution >= 4 is 45.0 Å². The zero-order valence-electron chi connectivity index (χ0n) is 18.9. The Morgan fingerprint density at radius 3 is 2.42 bits per heavy atom. The monoisotopic (exact) mass is 446 g/mol. The first-order chi connectivity index (χ1) is 15.9. The number of amides is 2. The largest absolute Gasteiger partial charge is 0.341 e. The van der Waals surface area contributed by atoms with Crippen LogP contribution in [-0.4, -0.2) is 40.9 Å². The van der Waals surface area contributed by atoms with Crippen molar-refractivity contribution in [2.45, 2.75) is 26.4 Å². The van der Waals surface area contributed by atoms with Crippen LogP contribution >= 0.6 is 0 Å². The van der Waals surface area contributed by atoms with E-state index in [0.29, 0.717) is 11.4 Å². The number of para-hydroxylation sites is 1. The second-order valence-corrected chi connectivity index (χ2v) is 8.13. The highest BCUT2D eigenvalue weighted by Gasteiger charge is 2.21. The van der Waals surface area contributed by atoms with Crippen molar-refractivity contribution < 1.29 is 14.0 Å². The van der Waals surface area contributed by atoms with Crippen molar-refractivity contribution in [3.05, 3.63) is 72.5 Å². The average Bonchev–Trinajstić information content (AvgIpc) is 3.11. The number of aromatic nitrogens is 1. The van der Waals surface area contributed by atoms with Gasteiger partial charge in [0.15, 0.2) is 0 Å². The minimum Gasteiger partial charge on any atom is -0.341 e. The molecule has 1 aromatic heterocycles. The summed E-state index contributed by atoms with van der Waals surface area (Å²) in [7, 11) is 1.70. The van der Waals surface area contributed by atoms with Gasteiger partial charge in [0.2, 0.25) is 11.8 Å². The van der Waals surface area contributed by atoms with E-state index >= 15 is 0 Å². The highest BCUT2D eigenvalue weighted by atomic mass is 19.1. The molecule has 2 N–H and O–H groups in total. The SMILES string of the molecule is CCn1c2ccccc2c2cc(NC(=O)C(C)N(C)CC(=O)Nc3cccc(F)c3)ccc21. The second kappa shape index (κ2) is 9.42. The summed E-state index contributed by atoms with van der Waals surface area (Å²) in [5.74, 6) is -0.959. The molecule has 0 radical (unpaired) electrons. The number of nitrogens with zero attached hydrogens (tertiary/aromatic N) is 2. The lowest BCUT2D eigenvalue weighted by molar-refractivity contribution is -0.122. The Morgan fingerprint density at radius 2 is 1.67 bits per heavy atom. The number of benzene rings is 3. The van der Waals surface area contributed by atoms with Crippen molar-refractivity contribution in [2.24, 2.45) is 0 Å². The smallest absolute Gasteiger partial charge is 0.241 e. The molecule has 4 aromatic rings. The zero-order chi connectivity index (χ0) is 23.5. The molecule has 1 unspecified atom stereocenters. The van der Waals surface area contributed by atoms with Crippen molar-refractivity contribution in [3.63, 3.8) is 0 Å². The normalized spacial score (nSPS) is 12.3. The molecule has 4 rings (SSSR count). The van der Waals surface area contributed by atoms with Crippen LogP contribution < -0.4 is 10.6 Å². The van der Waals surface area contributed by atoms with E-state index in [9.17, 15) is 14.0 Å². The van der Waals surface area contributed by atoms with E-state index in [0.717, 1.165) is 28.4 Å². The molecule has 1 heterocycles. The average molecular weight is 447 g/mol. The summed E-state index contributed by atoms with van der Waals surface area (Å²) in [6.45, 7) is 4.71. The molecular formula is C26H27FN4O2. The molecule has 33 heavy (non-hydrogen) atoms. The van der Waals surface area contributed by atoms with Gasteiger partial charge in [0.05, 0.1) is 12.6 Å². The molecule has 170 valence electrons. The Hall–Kier alpha value is -3.71. The van der Waals surface area contributed by atoms with Crippen LogP contribution in [0, 0.1) is 5.82 Å². The topological polar surface area (TPSA) is 66.4 Å². The summed E-state index contributed by atoms with van der Waals surface area (Å²) in [6, 6.07) is 19.3. The fourth-order valence-corrected chi connectivity index (χ4v) is 4.05. The molecule has 0 spiro atoms. The van der Waals surface area contributed by atoms with Gasteiger partial charge in [0, 0.05) is 39.7 Å². The maximum atomic E-state index is 13.3. The number of fused-ring (bicyclic) bond motifs is 3. The highest BCUT2D eigenvalue weighted by Crippen LogP contribution is 2.31. The van der Waals surface area contributed by atoms with Crippen LogP contribution in [0.15, 0.2) is 66.7 Å². The Morgan fingerprint density at radius 1 is 0.939 bits per heavy atom. The van der Waals surface area contributed by atoms with Gasteiger partial charge in [0.1, 0.15) is 5.82 Å². The fourth-order valence-electron chi connectivity index (χ4n) is 4.05. The summed E-state index contributed by atoms with van der Waals surface area (Å²) >= 11 is 0. The van der Waals surface area contributed by atoms with Crippen LogP contribution in [0.4, 0.5) is 15.8 Å². The van der Waals surface area contributed by atoms with Gasteiger partial charge in [-0.3, -0.25) is 14.5 Å². The molecule has 0 aliphatic carbocycles. The molecule has 1 atom stereocenters. The number of rotatable bonds is 7. The van der Waals surface area contributed by atoms with Gasteiger partial charge < -0.3 is 15.2 Å². The molecule has 3 aromatic carbocycles. The van der Waals surface area contributed by atoms with E-state index in [2.05, 4.69) is 34.3 Å². The maximum Gasteiger partial charge on any atom is 0.241 e. The number of halogens is 1. The predicted octanol–water partition coefficient (Wildman–Crippen LogP) is 4.85. The molecule has 0 bridgehead atoms. The van der Waals surface area contributed by atoms with Crippen molar-refractivity contribution in [1.82, 2.24) is 9.47 Å². The van der Waals surface area contributed by atoms with Gasteiger partial charge in [-0.05, 0) is 63.4 Å². The van der Waals surface area contributed by atoms with Crippen LogP contribution in [0.3, 0.4) is 0 Å². The number of anilines is 2. The first-order valence-electron chi connectivity index (χ1n) is 10.9. The van der Waals surface area contributed by atoms with E-state index < -0.39 is 11.9 Å². The van der Waals surface area contributed by atoms with Crippen molar-refractivity contribution in [1.29, 1.82) is 0 Å². The molecule has 7 heteroatoms. The molecular weight excluding hydrogens is 419 g/mol. The highest BCUT2D eigenvalue weighted by molar-refractivity contribution is 6.10. The lowest BCUT2D eigenvalue weighted by Gasteiger charge is -2.23. The molecule has 0 aliphatic rings. The fraction of sp³-hybridized carbons (Fsp3) is 0.231. The number of aryl methyl sites for hydroxylation is 1. The van der Waals surface area contributed by atoms with Crippen LogP contribution in [-0.2, 0) is 16.1 Å². The van der Waals surface area contributed by atoms with E-state index in [1.54, 1.807) is 24.9 Å². The number of carbonyl (C=O) groups is 2. The third-order valence-electron chi connectivity index (χ3n) is 5.90. The first-order valence-corrected chi connectivity index (χ1v) is 10.9. The minimum absolute atomic E-state index is 0.00583. The Balaban J connectivity index is 1.44. The minimum atomic E-state index is -0.545. The van der Waals surface area contributed by atoms with Gasteiger partial charge >= 0.3 is 0 Å². The van der Waals surface area contributed by atoms with E-state index in [4.69, 9.17) is 0 Å². The van der Waals surface area contributed by atoms with Gasteiger partial charge in [0.25, 0.3) is 0 Å². The number of carbonyl (C=O) groups excluding carboxylic acids is 2. The zero-order valence-corrected chi connectivity index (χ0v) is 18.9. The lowest BCUT2D eigenvalue weighted by atomic mass is 10.1. The number of nitrogens with one attached hydrogen (secondary N) is 2. The van der Waals surface area contributed by atoms with Gasteiger partial charge in [-0.1, -0.05) is 24.3 Å². The first kappa shape index (κ1) is 22.5. The van der Waals surface area contributed by atoms with Crippen LogP contribution in [0.2, 0.25) is 0 Å². The number of hydrogen-bond donors (Lipinski definition) is 2. The van der Waals surface area contributed by atoms with Crippen molar-refractivity contribution in [3.8, 4) is 0 Å². The summed E-state index contributed by atoms with van der Waals surface area (Å²) in [4.78, 5) is 26.8. The number of likely N-dealkylation sites (N-methyl/N-ethyl adjacent to an activating group) is 1. The number of hydrogen-bond acceptors (Lipinski definition) is 3. The lowest BCUT2D eigenvalue weighted by Crippen LogP contribution is -2.43. The van der Waals surface area contributed by atoms with Gasteiger partial charge in [-0.15, -0.1) is 0 Å². The third-order valence-corrected chi connectivity index (χ3v) is 5.90. The molecule has 0 saturated carbocycles. The Kier molecular flexibility index (Phi) is 6.42. The van der Waals surface area contributed by atoms with E-state index in [1.807, 2.05) is 30.3 Å². The Bertz CT molecular complexity index is 1330. The molecule has 0 aliphatic heterocycles. The molecule has 2 amide bonds. The maximum absolute atomic E-state index is 13.3. The van der Waals surface area contributed by atoms with E-state index in [-0.39, 0.29) is 18.4 Å². The molecule has 0 fully saturated rings. The quantitative estimate of drug-likeness (QED) is 0.426. The molecule has 0 saturated heterocycles. The Labute approximate surface area is 192 Å². The summed E-state index contributed by atoms with van der Waals surface area (Å²) < 4.78 is 15.6. The summed E-state index contributed by atoms with van der Waals surface area (Å²) in [5, 5.41) is 7.84. The second-order valence-electron chi connectivity index (χ2n) is 8.13. The summed E-state index contributed by atoms with van der Waals surface area (Å²) in [6.07, 6.45) is 0. The third kappa shape index (κ3) is 4.73. The van der Waals surface area contributed by atoms with Crippen molar-refractivity contribution in [2.75, 3.05) is 24.2 Å². The van der Waals surface area contributed by atoms with Crippen LogP contribution in [0.5, 0.6) is 0 Å². The van der Waals surface area contributed by atoms with E-state index in [1.165, 1.54) is 18.2 Å². The predicted molar refractivity (Wildman–Crippen MR) is 131 cm³/mol. The van der Waals surface area contributed by atoms with Crippen LogP contribution in [0.1, 0.15) is 13.8 Å². The van der Waals surface area contributed by atoms with Gasteiger partial charge in [-0.2, -0.15) is 0 Å². The van der Waals surface area contributed by atoms with Crippen LogP contribution in [0.25, 0.3) is 21.8 Å². The summed E-state index contributed by atoms with van der Waals surface area (Å²) in [5.41, 5.74) is 3.37. The standard InChI is InChI=1S/C26H27FN4O2/c1-4-31-23-11-6-5-10-21(23)22-15-20(12-13-24(22)31)29-26(33)17(2)30(3)16-25(32)28-19-9-7-8-18(27)14-19/h5-15,17H,4,16H2,1-3H3,(H,28,32)(H,29,33). The van der Waals surface area contributed by atoms with Gasteiger partial charge in [-0.25, -0.2) is 4.39 Å².